The van der Waals surface area contributed by atoms with Gasteiger partial charge in [0.25, 0.3) is 0 Å². The van der Waals surface area contributed by atoms with Gasteiger partial charge in [0.05, 0.1) is 22.8 Å². The van der Waals surface area contributed by atoms with E-state index in [-0.39, 0.29) is 46.9 Å². The summed E-state index contributed by atoms with van der Waals surface area (Å²) in [7, 11) is 0. The van der Waals surface area contributed by atoms with E-state index in [0.717, 1.165) is 109 Å². The number of hydrogen-bond acceptors (Lipinski definition) is 10. The molecule has 14 aromatic rings. The molecule has 2 aromatic heterocycles. The van der Waals surface area contributed by atoms with E-state index in [9.17, 15) is 0 Å². The molecule has 0 saturated heterocycles. The van der Waals surface area contributed by atoms with E-state index in [4.69, 9.17) is 57.8 Å². The largest absolute Gasteiger partial charge is 2.00 e. The molecule has 0 N–H and O–H groups in total. The van der Waals surface area contributed by atoms with Crippen LogP contribution in [0.15, 0.2) is 243 Å². The molecular formula is C84H52N4O8Pd. The molecule has 1 aliphatic carbocycles. The zero-order chi connectivity index (χ0) is 62.7. The molecule has 8 bridgehead atoms. The number of benzene rings is 12. The number of rotatable bonds is 4. The maximum Gasteiger partial charge on any atom is 2.00 e. The van der Waals surface area contributed by atoms with Crippen LogP contribution in [0.4, 0.5) is 0 Å². The quantitative estimate of drug-likeness (QED) is 0.156. The zero-order valence-corrected chi connectivity index (χ0v) is 53.2. The molecule has 0 spiro atoms. The minimum Gasteiger partial charge on any atom is -0.656 e. The number of para-hydroxylation sites is 8. The molecule has 97 heavy (non-hydrogen) atoms. The van der Waals surface area contributed by atoms with Crippen molar-refractivity contribution in [2.45, 2.75) is 24.4 Å². The predicted molar refractivity (Wildman–Crippen MR) is 374 cm³/mol. The summed E-state index contributed by atoms with van der Waals surface area (Å²) in [5.74, 6) is 5.03. The Hall–Kier alpha value is -11.6. The normalized spacial score (nSPS) is 17.1. The van der Waals surface area contributed by atoms with Crippen molar-refractivity contribution < 1.29 is 58.3 Å². The van der Waals surface area contributed by atoms with Crippen LogP contribution in [0.25, 0.3) is 132 Å². The van der Waals surface area contributed by atoms with E-state index in [0.29, 0.717) is 90.8 Å². The van der Waals surface area contributed by atoms with Crippen LogP contribution in [0.5, 0.6) is 46.0 Å². The average Bonchev–Trinajstić information content (AvgIpc) is 1.56. The number of ether oxygens (including phenoxy) is 8. The fraction of sp³-hybridized carbons (Fsp3) is 0.0952. The Morgan fingerprint density at radius 3 is 0.670 bits per heavy atom. The van der Waals surface area contributed by atoms with Crippen molar-refractivity contribution in [2.75, 3.05) is 26.4 Å². The summed E-state index contributed by atoms with van der Waals surface area (Å²) >= 11 is 0. The molecule has 21 rings (SSSR count). The average molecular weight is 1350 g/mol. The number of aromatic nitrogens is 4. The van der Waals surface area contributed by atoms with E-state index in [1.54, 1.807) is 0 Å². The van der Waals surface area contributed by atoms with Gasteiger partial charge in [-0.1, -0.05) is 146 Å². The molecule has 6 aliphatic heterocycles. The van der Waals surface area contributed by atoms with Gasteiger partial charge in [0, 0.05) is 44.5 Å². The first-order chi connectivity index (χ1) is 47.5. The monoisotopic (exact) mass is 1350 g/mol. The van der Waals surface area contributed by atoms with E-state index >= 15 is 0 Å². The topological polar surface area (TPSA) is 128 Å². The number of hydrogen-bond donors (Lipinski definition) is 0. The zero-order valence-electron chi connectivity index (χ0n) is 51.6. The maximum atomic E-state index is 7.39. The fourth-order valence-corrected chi connectivity index (χ4v) is 15.4. The summed E-state index contributed by atoms with van der Waals surface area (Å²) in [5, 5.41) is 11.8. The Morgan fingerprint density at radius 1 is 0.247 bits per heavy atom. The van der Waals surface area contributed by atoms with Crippen molar-refractivity contribution in [1.82, 2.24) is 19.9 Å². The first-order valence-corrected chi connectivity index (χ1v) is 32.5. The second-order valence-electron chi connectivity index (χ2n) is 25.3. The van der Waals surface area contributed by atoms with Crippen LogP contribution < -0.4 is 47.9 Å². The van der Waals surface area contributed by atoms with E-state index in [1.165, 1.54) is 0 Å². The molecule has 7 aliphatic rings. The molecule has 0 radical (unpaired) electrons. The predicted octanol–water partition coefficient (Wildman–Crippen LogP) is 19.2. The molecule has 0 saturated carbocycles. The van der Waals surface area contributed by atoms with Crippen molar-refractivity contribution >= 4 is 86.7 Å². The Balaban J connectivity index is 0.00000641. The minimum atomic E-state index is -0.755. The Bertz CT molecular complexity index is 5360. The second-order valence-corrected chi connectivity index (χ2v) is 25.3. The number of fused-ring (bicyclic) bond motifs is 8. The Labute approximate surface area is 568 Å². The minimum absolute atomic E-state index is 0. The van der Waals surface area contributed by atoms with Crippen LogP contribution in [0.1, 0.15) is 46.7 Å². The molecule has 0 amide bonds. The summed E-state index contributed by atoms with van der Waals surface area (Å²) in [4.78, 5) is 24.7. The summed E-state index contributed by atoms with van der Waals surface area (Å²) in [5.41, 5.74) is 11.8. The summed E-state index contributed by atoms with van der Waals surface area (Å²) in [6, 6.07) is 83.5. The molecule has 8 heterocycles. The van der Waals surface area contributed by atoms with Gasteiger partial charge in [-0.25, -0.2) is 9.97 Å². The molecule has 13 heteroatoms. The van der Waals surface area contributed by atoms with Gasteiger partial charge in [-0.2, -0.15) is 0 Å². The van der Waals surface area contributed by atoms with Gasteiger partial charge in [0.1, 0.15) is 26.4 Å². The molecule has 12 aromatic carbocycles. The van der Waals surface area contributed by atoms with Crippen molar-refractivity contribution in [3.63, 3.8) is 0 Å². The van der Waals surface area contributed by atoms with Gasteiger partial charge in [0.15, 0.2) is 70.4 Å². The van der Waals surface area contributed by atoms with Crippen LogP contribution in [-0.4, -0.2) is 36.4 Å². The van der Waals surface area contributed by atoms with E-state index < -0.39 is 24.4 Å². The molecular weight excluding hydrogens is 1300 g/mol. The summed E-state index contributed by atoms with van der Waals surface area (Å²) in [6.45, 7) is 0.586. The first kappa shape index (κ1) is 55.8. The molecule has 0 fully saturated rings. The van der Waals surface area contributed by atoms with Crippen LogP contribution >= 0.6 is 0 Å². The van der Waals surface area contributed by atoms with Gasteiger partial charge in [-0.15, -0.1) is 22.1 Å². The van der Waals surface area contributed by atoms with Crippen molar-refractivity contribution in [2.24, 2.45) is 0 Å². The standard InChI is InChI=1S/C84H52N4O8.Pd/c1-2-18-46-34-54-53(33-45(46)17-1)77-73(69-41-89-61-25-9-13-29-65(61)93-69)79-55-35-47-19-3-4-20-48(47)36-56(55)81(86-79)75(71-43-91-63-27-11-15-31-67(63)95-71)83-59-39-51-23-7-8-24-52(51)40-60(59)84(88-83)76(72-44-92-64-28-12-16-32-68(64)96-72)82-58-38-50-22-6-5-21-49(50)37-57(58)80(87-82)74(78(54)85-77)70-42-90-62-26-10-14-30-66(62)94-70;/h1-40,69-72H,41-44H2;/q-2;+2. The SMILES string of the molecule is [Pd+2].c1ccc2c(c1)OCC(c1c3nc(c(C4COc5ccccc5O4)c4[n-]c(c(C5COc6ccccc6O5)c5nc(c(C6COc7ccccc7O6)c6[n-]c1c1cc7ccccc7cc61)-c1cc6ccccc6cc1-5)c1cc5ccccc5cc41)-c1cc4ccccc4cc1-3)O2. The van der Waals surface area contributed by atoms with Crippen LogP contribution in [-0.2, 0) is 20.4 Å². The second kappa shape index (κ2) is 21.7. The van der Waals surface area contributed by atoms with Crippen molar-refractivity contribution in [3.05, 3.63) is 265 Å². The van der Waals surface area contributed by atoms with Gasteiger partial charge < -0.3 is 47.9 Å². The fourth-order valence-electron chi connectivity index (χ4n) is 15.4. The van der Waals surface area contributed by atoms with Crippen LogP contribution in [0, 0.1) is 0 Å². The van der Waals surface area contributed by atoms with Gasteiger partial charge in [-0.05, 0) is 162 Å². The Morgan fingerprint density at radius 2 is 0.443 bits per heavy atom. The third kappa shape index (κ3) is 8.71. The number of nitrogens with zero attached hydrogens (tertiary/aromatic N) is 4. The first-order valence-electron chi connectivity index (χ1n) is 32.5. The van der Waals surface area contributed by atoms with Gasteiger partial charge in [0.2, 0.25) is 0 Å². The van der Waals surface area contributed by atoms with Crippen molar-refractivity contribution in [1.29, 1.82) is 0 Å². The molecule has 4 unspecified atom stereocenters. The van der Waals surface area contributed by atoms with Crippen LogP contribution in [0.2, 0.25) is 0 Å². The molecule has 466 valence electrons. The summed E-state index contributed by atoms with van der Waals surface area (Å²) in [6.07, 6.45) is -3.02. The van der Waals surface area contributed by atoms with E-state index in [2.05, 4.69) is 146 Å². The third-order valence-electron chi connectivity index (χ3n) is 19.8. The van der Waals surface area contributed by atoms with E-state index in [1.807, 2.05) is 97.1 Å². The van der Waals surface area contributed by atoms with Gasteiger partial charge >= 0.3 is 20.4 Å². The van der Waals surface area contributed by atoms with Gasteiger partial charge in [-0.3, -0.25) is 0 Å². The maximum absolute atomic E-state index is 7.39. The third-order valence-corrected chi connectivity index (χ3v) is 19.8. The van der Waals surface area contributed by atoms with Crippen molar-refractivity contribution in [3.8, 4) is 91.0 Å². The molecule has 12 nitrogen and oxygen atoms in total. The smallest absolute Gasteiger partial charge is 0.656 e. The van der Waals surface area contributed by atoms with Crippen LogP contribution in [0.3, 0.4) is 0 Å². The Kier molecular flexibility index (Phi) is 12.5. The molecule has 4 atom stereocenters. The summed E-state index contributed by atoms with van der Waals surface area (Å²) < 4.78 is 56.9.